The summed E-state index contributed by atoms with van der Waals surface area (Å²) in [5.74, 6) is -0.498. The van der Waals surface area contributed by atoms with Crippen molar-refractivity contribution in [3.05, 3.63) is 72.9 Å². The second-order valence-corrected chi connectivity index (χ2v) is 15.9. The number of unbranched alkanes of at least 4 members (excludes halogenated alkanes) is 17. The first-order chi connectivity index (χ1) is 24.9. The zero-order valence-corrected chi connectivity index (χ0v) is 34.9. The molecule has 0 amide bonds. The molecular formula is C43H79NO7P+. The van der Waals surface area contributed by atoms with Crippen LogP contribution in [0.3, 0.4) is 0 Å². The van der Waals surface area contributed by atoms with E-state index in [-0.39, 0.29) is 6.54 Å². The van der Waals surface area contributed by atoms with Crippen molar-refractivity contribution in [3.63, 3.8) is 0 Å². The first-order valence-corrected chi connectivity index (χ1v) is 21.7. The molecule has 52 heavy (non-hydrogen) atoms. The van der Waals surface area contributed by atoms with Crippen molar-refractivity contribution in [2.75, 3.05) is 40.9 Å². The van der Waals surface area contributed by atoms with Gasteiger partial charge < -0.3 is 19.6 Å². The number of phosphoric acid groups is 1. The number of nitrogens with zero attached hydrogens (tertiary/aromatic N) is 1. The van der Waals surface area contributed by atoms with E-state index in [2.05, 4.69) is 37.4 Å². The maximum atomic E-state index is 12.6. The van der Waals surface area contributed by atoms with Crippen LogP contribution < -0.4 is 0 Å². The van der Waals surface area contributed by atoms with Crippen LogP contribution in [0.5, 0.6) is 0 Å². The van der Waals surface area contributed by atoms with E-state index in [0.29, 0.717) is 4.48 Å². The molecule has 302 valence electrons. The molecule has 8 nitrogen and oxygen atoms in total. The molecule has 0 rings (SSSR count). The number of phosphoric ester groups is 1. The van der Waals surface area contributed by atoms with Crippen molar-refractivity contribution in [2.45, 2.75) is 155 Å². The van der Waals surface area contributed by atoms with E-state index in [1.165, 1.54) is 128 Å². The van der Waals surface area contributed by atoms with Gasteiger partial charge in [0.1, 0.15) is 12.6 Å². The Labute approximate surface area is 319 Å². The van der Waals surface area contributed by atoms with Gasteiger partial charge in [0.05, 0.1) is 34.4 Å². The molecule has 9 heteroatoms. The van der Waals surface area contributed by atoms with Crippen LogP contribution in [0.1, 0.15) is 143 Å². The molecule has 0 heterocycles. The molecule has 3 N–H and O–H groups in total. The van der Waals surface area contributed by atoms with E-state index < -0.39 is 39.0 Å². The molecule has 0 aliphatic carbocycles. The van der Waals surface area contributed by atoms with E-state index in [1.54, 1.807) is 12.2 Å². The number of allylic oxidation sites excluding steroid dienone is 11. The predicted octanol–water partition coefficient (Wildman–Crippen LogP) is 10.9. The van der Waals surface area contributed by atoms with Crippen molar-refractivity contribution in [3.8, 4) is 0 Å². The third-order valence-electron chi connectivity index (χ3n) is 8.01. The summed E-state index contributed by atoms with van der Waals surface area (Å²) in [5.41, 5.74) is 0. The van der Waals surface area contributed by atoms with Crippen LogP contribution in [0.15, 0.2) is 72.9 Å². The molecule has 0 aromatic heterocycles. The molecule has 0 saturated carbocycles. The Morgan fingerprint density at radius 1 is 0.635 bits per heavy atom. The minimum absolute atomic E-state index is 0.121. The fourth-order valence-electron chi connectivity index (χ4n) is 5.00. The van der Waals surface area contributed by atoms with E-state index in [9.17, 15) is 19.4 Å². The van der Waals surface area contributed by atoms with E-state index in [4.69, 9.17) is 9.63 Å². The van der Waals surface area contributed by atoms with Gasteiger partial charge in [0.2, 0.25) is 0 Å². The average molecular weight is 753 g/mol. The van der Waals surface area contributed by atoms with Gasteiger partial charge in [0, 0.05) is 0 Å². The number of aliphatic hydroxyl groups excluding tert-OH is 2. The zero-order valence-electron chi connectivity index (χ0n) is 34.0. The van der Waals surface area contributed by atoms with Crippen molar-refractivity contribution in [1.82, 2.24) is 0 Å². The monoisotopic (exact) mass is 753 g/mol. The fourth-order valence-corrected chi connectivity index (χ4v) is 5.91. The van der Waals surface area contributed by atoms with Crippen LogP contribution in [0.25, 0.3) is 0 Å². The highest BCUT2D eigenvalue weighted by Gasteiger charge is 2.34. The van der Waals surface area contributed by atoms with Crippen LogP contribution in [0.2, 0.25) is 0 Å². The molecule has 0 spiro atoms. The Balaban J connectivity index is 0. The Morgan fingerprint density at radius 3 is 1.42 bits per heavy atom. The van der Waals surface area contributed by atoms with Crippen LogP contribution in [0, 0.1) is 0 Å². The number of ketones is 1. The third-order valence-corrected chi connectivity index (χ3v) is 9.01. The fraction of sp³-hybridized carbons (Fsp3) is 0.698. The molecule has 0 aliphatic rings. The largest absolute Gasteiger partial charge is 0.473 e. The van der Waals surface area contributed by atoms with Crippen molar-refractivity contribution in [2.24, 2.45) is 0 Å². The lowest BCUT2D eigenvalue weighted by Crippen LogP contribution is -2.45. The van der Waals surface area contributed by atoms with Gasteiger partial charge in [-0.1, -0.05) is 197 Å². The van der Waals surface area contributed by atoms with Crippen LogP contribution in [0.4, 0.5) is 0 Å². The highest BCUT2D eigenvalue weighted by Crippen LogP contribution is 2.45. The maximum absolute atomic E-state index is 12.6. The quantitative estimate of drug-likeness (QED) is 0.0201. The van der Waals surface area contributed by atoms with Crippen molar-refractivity contribution >= 4 is 13.6 Å². The van der Waals surface area contributed by atoms with E-state index in [1.807, 2.05) is 57.6 Å². The number of likely N-dealkylation sites (N-methyl/N-ethyl adjacent to an activating group) is 1. The van der Waals surface area contributed by atoms with Gasteiger partial charge in [-0.2, -0.15) is 0 Å². The first kappa shape index (κ1) is 52.2. The lowest BCUT2D eigenvalue weighted by atomic mass is 10.1. The minimum atomic E-state index is -4.62. The second kappa shape index (κ2) is 37.4. The van der Waals surface area contributed by atoms with Crippen LogP contribution >= 0.6 is 7.82 Å². The zero-order chi connectivity index (χ0) is 39.2. The lowest BCUT2D eigenvalue weighted by Gasteiger charge is -2.28. The topological polar surface area (TPSA) is 113 Å². The van der Waals surface area contributed by atoms with Gasteiger partial charge in [-0.15, -0.1) is 0 Å². The van der Waals surface area contributed by atoms with Gasteiger partial charge >= 0.3 is 7.82 Å². The Hall–Kier alpha value is -1.90. The van der Waals surface area contributed by atoms with Gasteiger partial charge in [-0.05, 0) is 18.9 Å². The molecule has 0 aromatic rings. The standard InChI is InChI=1S/C30H50NO7P.C13H28/c1-5-6-7-8-9-10-11-12-13-14-15-16-17-18-19-20-21-22-23-24-29(34)30(25-31(2,3)4)38-39(35,36)37-27-28(33)26-32;1-3-5-7-9-11-13-12-10-8-6-4-2/h13-24,28,30,32-33H,5-12,25-27H2,1-4H3;3-13H2,1-2H3/p+1. The number of carbonyl (C=O) groups excluding carboxylic acids is 1. The summed E-state index contributed by atoms with van der Waals surface area (Å²) < 4.78 is 22.2. The molecule has 0 bridgehead atoms. The number of rotatable bonds is 33. The summed E-state index contributed by atoms with van der Waals surface area (Å²) >= 11 is 0. The molecule has 0 fully saturated rings. The van der Waals surface area contributed by atoms with Gasteiger partial charge in [0.25, 0.3) is 0 Å². The number of aliphatic hydroxyl groups is 2. The number of quaternary nitrogens is 1. The Kier molecular flexibility index (Phi) is 37.6. The lowest BCUT2D eigenvalue weighted by molar-refractivity contribution is -0.872. The summed E-state index contributed by atoms with van der Waals surface area (Å²) in [6.07, 6.45) is 45.7. The SMILES string of the molecule is CCCCCCCCCC=CC=CC=CC=CC=CC=CC(=O)C(C[N+](C)(C)C)OP(=O)(O)OCC(O)CO.CCCCCCCCCCCCC. The smallest absolute Gasteiger partial charge is 0.394 e. The molecule has 0 aliphatic heterocycles. The predicted molar refractivity (Wildman–Crippen MR) is 221 cm³/mol. The average Bonchev–Trinajstić information content (AvgIpc) is 3.10. The Bertz CT molecular complexity index is 1030. The normalized spacial score (nSPS) is 15.0. The van der Waals surface area contributed by atoms with Crippen LogP contribution in [-0.2, 0) is 18.4 Å². The molecule has 3 unspecified atom stereocenters. The van der Waals surface area contributed by atoms with Crippen molar-refractivity contribution in [1.29, 1.82) is 0 Å². The highest BCUT2D eigenvalue weighted by atomic mass is 31.2. The van der Waals surface area contributed by atoms with E-state index in [0.717, 1.165) is 6.42 Å². The molecule has 0 aromatic carbocycles. The minimum Gasteiger partial charge on any atom is -0.394 e. The number of carbonyl (C=O) groups is 1. The molecule has 0 saturated heterocycles. The summed E-state index contributed by atoms with van der Waals surface area (Å²) in [5, 5.41) is 18.1. The van der Waals surface area contributed by atoms with Gasteiger partial charge in [-0.3, -0.25) is 13.8 Å². The van der Waals surface area contributed by atoms with Gasteiger partial charge in [0.15, 0.2) is 11.9 Å². The second-order valence-electron chi connectivity index (χ2n) is 14.5. The number of hydrogen-bond acceptors (Lipinski definition) is 6. The molecular weight excluding hydrogens is 673 g/mol. The summed E-state index contributed by atoms with van der Waals surface area (Å²) in [4.78, 5) is 22.5. The van der Waals surface area contributed by atoms with E-state index >= 15 is 0 Å². The van der Waals surface area contributed by atoms with Crippen molar-refractivity contribution < 1.29 is 38.0 Å². The summed E-state index contributed by atoms with van der Waals surface area (Å²) in [6.45, 7) is 5.70. The van der Waals surface area contributed by atoms with Crippen LogP contribution in [-0.4, -0.2) is 78.5 Å². The number of hydrogen-bond donors (Lipinski definition) is 3. The maximum Gasteiger partial charge on any atom is 0.473 e. The highest BCUT2D eigenvalue weighted by molar-refractivity contribution is 7.47. The molecule has 0 radical (unpaired) electrons. The summed E-state index contributed by atoms with van der Waals surface area (Å²) in [7, 11) is 0.820. The third kappa shape index (κ3) is 40.9. The Morgan fingerprint density at radius 2 is 1.02 bits per heavy atom. The first-order valence-electron chi connectivity index (χ1n) is 20.2. The molecule has 3 atom stereocenters. The van der Waals surface area contributed by atoms with Gasteiger partial charge in [-0.25, -0.2) is 4.57 Å². The summed E-state index contributed by atoms with van der Waals surface area (Å²) in [6, 6.07) is 0.